The molecule has 0 aliphatic carbocycles. The van der Waals surface area contributed by atoms with Crippen LogP contribution in [0.1, 0.15) is 20.8 Å². The van der Waals surface area contributed by atoms with Crippen molar-refractivity contribution in [2.24, 2.45) is 0 Å². The number of rotatable bonds is 7. The van der Waals surface area contributed by atoms with E-state index < -0.39 is 10.0 Å². The quantitative estimate of drug-likeness (QED) is 0.708. The van der Waals surface area contributed by atoms with Gasteiger partial charge < -0.3 is 0 Å². The number of hydrogen-bond acceptors (Lipinski definition) is 6. The molecule has 7 nitrogen and oxygen atoms in total. The third kappa shape index (κ3) is 3.31. The molecule has 9 heteroatoms. The van der Waals surface area contributed by atoms with E-state index in [0.717, 1.165) is 0 Å². The van der Waals surface area contributed by atoms with Gasteiger partial charge >= 0.3 is 0 Å². The molecule has 0 fully saturated rings. The molecule has 22 heavy (non-hydrogen) atoms. The average molecular weight is 342 g/mol. The lowest BCUT2D eigenvalue weighted by Crippen LogP contribution is -2.30. The maximum absolute atomic E-state index is 12.5. The van der Waals surface area contributed by atoms with Gasteiger partial charge in [0.2, 0.25) is 10.0 Å². The number of hydrogen-bond donors (Lipinski definition) is 0. The molecule has 0 aliphatic heterocycles. The van der Waals surface area contributed by atoms with Crippen LogP contribution in [-0.4, -0.2) is 51.9 Å². The fourth-order valence-corrected chi connectivity index (χ4v) is 4.15. The zero-order valence-electron chi connectivity index (χ0n) is 12.7. The SMILES string of the molecule is CCN(CC)S(=O)(=O)c1ccc2nnc(SCC(C)=O)n2c1. The summed E-state index contributed by atoms with van der Waals surface area (Å²) in [7, 11) is -3.54. The van der Waals surface area contributed by atoms with Crippen molar-refractivity contribution >= 4 is 33.2 Å². The number of thioether (sulfide) groups is 1. The van der Waals surface area contributed by atoms with Crippen LogP contribution in [0.2, 0.25) is 0 Å². The van der Waals surface area contributed by atoms with Crippen LogP contribution in [0.25, 0.3) is 5.65 Å². The molecular weight excluding hydrogens is 324 g/mol. The van der Waals surface area contributed by atoms with E-state index in [-0.39, 0.29) is 16.4 Å². The molecule has 0 N–H and O–H groups in total. The van der Waals surface area contributed by atoms with E-state index in [0.29, 0.717) is 23.9 Å². The molecule has 0 spiro atoms. The number of pyridine rings is 1. The third-order valence-electron chi connectivity index (χ3n) is 3.09. The summed E-state index contributed by atoms with van der Waals surface area (Å²) >= 11 is 1.24. The van der Waals surface area contributed by atoms with E-state index in [9.17, 15) is 13.2 Å². The van der Waals surface area contributed by atoms with Gasteiger partial charge in [-0.05, 0) is 19.1 Å². The molecule has 120 valence electrons. The fourth-order valence-electron chi connectivity index (χ4n) is 1.98. The normalized spacial score (nSPS) is 12.2. The molecule has 0 bridgehead atoms. The molecule has 0 radical (unpaired) electrons. The van der Waals surface area contributed by atoms with Crippen molar-refractivity contribution in [2.75, 3.05) is 18.8 Å². The Morgan fingerprint density at radius 1 is 1.27 bits per heavy atom. The molecule has 0 atom stereocenters. The summed E-state index contributed by atoms with van der Waals surface area (Å²) in [6.45, 7) is 5.90. The second-order valence-electron chi connectivity index (χ2n) is 4.66. The maximum Gasteiger partial charge on any atom is 0.244 e. The Bertz CT molecular complexity index is 782. The number of sulfonamides is 1. The second-order valence-corrected chi connectivity index (χ2v) is 7.54. The summed E-state index contributed by atoms with van der Waals surface area (Å²) in [5.41, 5.74) is 0.546. The molecule has 2 aromatic rings. The zero-order valence-corrected chi connectivity index (χ0v) is 14.3. The molecular formula is C13H18N4O3S2. The Morgan fingerprint density at radius 2 is 1.95 bits per heavy atom. The molecule has 0 unspecified atom stereocenters. The van der Waals surface area contributed by atoms with E-state index in [2.05, 4.69) is 10.2 Å². The van der Waals surface area contributed by atoms with Crippen LogP contribution in [0, 0.1) is 0 Å². The first-order chi connectivity index (χ1) is 10.4. The Labute approximate surface area is 133 Å². The highest BCUT2D eigenvalue weighted by Gasteiger charge is 2.22. The van der Waals surface area contributed by atoms with Crippen molar-refractivity contribution in [3.05, 3.63) is 18.3 Å². The number of carbonyl (C=O) groups excluding carboxylic acids is 1. The van der Waals surface area contributed by atoms with Gasteiger partial charge in [-0.15, -0.1) is 10.2 Å². The largest absolute Gasteiger partial charge is 0.299 e. The van der Waals surface area contributed by atoms with Crippen molar-refractivity contribution in [1.82, 2.24) is 18.9 Å². The number of carbonyl (C=O) groups is 1. The van der Waals surface area contributed by atoms with Gasteiger partial charge in [-0.1, -0.05) is 25.6 Å². The fraction of sp³-hybridized carbons (Fsp3) is 0.462. The standard InChI is InChI=1S/C13H18N4O3S2/c1-4-16(5-2)22(19,20)11-6-7-12-14-15-13(17(12)8-11)21-9-10(3)18/h6-8H,4-5,9H2,1-3H3. The van der Waals surface area contributed by atoms with Crippen LogP contribution in [-0.2, 0) is 14.8 Å². The van der Waals surface area contributed by atoms with Crippen LogP contribution in [0.3, 0.4) is 0 Å². The summed E-state index contributed by atoms with van der Waals surface area (Å²) in [6, 6.07) is 3.14. The van der Waals surface area contributed by atoms with E-state index in [1.165, 1.54) is 35.3 Å². The third-order valence-corrected chi connectivity index (χ3v) is 6.21. The van der Waals surface area contributed by atoms with Crippen molar-refractivity contribution in [2.45, 2.75) is 30.8 Å². The monoisotopic (exact) mass is 342 g/mol. The molecule has 0 aromatic carbocycles. The summed E-state index contributed by atoms with van der Waals surface area (Å²) < 4.78 is 28.1. The molecule has 0 amide bonds. The summed E-state index contributed by atoms with van der Waals surface area (Å²) in [5, 5.41) is 8.47. The van der Waals surface area contributed by atoms with E-state index in [1.54, 1.807) is 24.3 Å². The van der Waals surface area contributed by atoms with Crippen LogP contribution in [0.15, 0.2) is 28.4 Å². The van der Waals surface area contributed by atoms with Crippen molar-refractivity contribution < 1.29 is 13.2 Å². The Balaban J connectivity index is 2.45. The number of aromatic nitrogens is 3. The minimum atomic E-state index is -3.54. The molecule has 0 aliphatic rings. The highest BCUT2D eigenvalue weighted by Crippen LogP contribution is 2.21. The first-order valence-electron chi connectivity index (χ1n) is 6.87. The Kier molecular flexibility index (Phi) is 5.20. The maximum atomic E-state index is 12.5. The first kappa shape index (κ1) is 16.9. The second kappa shape index (κ2) is 6.76. The van der Waals surface area contributed by atoms with Crippen LogP contribution >= 0.6 is 11.8 Å². The molecule has 2 aromatic heterocycles. The van der Waals surface area contributed by atoms with E-state index in [1.807, 2.05) is 0 Å². The van der Waals surface area contributed by atoms with Gasteiger partial charge in [0.05, 0.1) is 10.6 Å². The molecule has 2 rings (SSSR count). The number of fused-ring (bicyclic) bond motifs is 1. The number of ketones is 1. The van der Waals surface area contributed by atoms with E-state index in [4.69, 9.17) is 0 Å². The van der Waals surface area contributed by atoms with Gasteiger partial charge in [-0.2, -0.15) is 4.31 Å². The van der Waals surface area contributed by atoms with Gasteiger partial charge in [0.1, 0.15) is 5.78 Å². The lowest BCUT2D eigenvalue weighted by atomic mass is 10.5. The van der Waals surface area contributed by atoms with Crippen molar-refractivity contribution in [3.63, 3.8) is 0 Å². The minimum Gasteiger partial charge on any atom is -0.299 e. The zero-order chi connectivity index (χ0) is 16.3. The highest BCUT2D eigenvalue weighted by molar-refractivity contribution is 7.99. The molecule has 0 saturated heterocycles. The Hall–Kier alpha value is -1.45. The topological polar surface area (TPSA) is 84.6 Å². The summed E-state index contributed by atoms with van der Waals surface area (Å²) in [4.78, 5) is 11.3. The highest BCUT2D eigenvalue weighted by atomic mass is 32.2. The van der Waals surface area contributed by atoms with Crippen LogP contribution < -0.4 is 0 Å². The van der Waals surface area contributed by atoms with Gasteiger partial charge in [-0.25, -0.2) is 8.42 Å². The van der Waals surface area contributed by atoms with Crippen LogP contribution in [0.4, 0.5) is 0 Å². The van der Waals surface area contributed by atoms with Crippen LogP contribution in [0.5, 0.6) is 0 Å². The lowest BCUT2D eigenvalue weighted by molar-refractivity contribution is -0.114. The number of Topliss-reactive ketones (excluding diaryl/α,β-unsaturated/α-hetero) is 1. The summed E-state index contributed by atoms with van der Waals surface area (Å²) in [6.07, 6.45) is 1.51. The van der Waals surface area contributed by atoms with Gasteiger partial charge in [-0.3, -0.25) is 9.20 Å². The first-order valence-corrected chi connectivity index (χ1v) is 9.29. The lowest BCUT2D eigenvalue weighted by Gasteiger charge is -2.18. The van der Waals surface area contributed by atoms with Crippen molar-refractivity contribution in [1.29, 1.82) is 0 Å². The van der Waals surface area contributed by atoms with Crippen molar-refractivity contribution in [3.8, 4) is 0 Å². The predicted octanol–water partition coefficient (Wildman–Crippen LogP) is 1.44. The summed E-state index contributed by atoms with van der Waals surface area (Å²) in [5.74, 6) is 0.294. The van der Waals surface area contributed by atoms with E-state index >= 15 is 0 Å². The molecule has 0 saturated carbocycles. The number of nitrogens with zero attached hydrogens (tertiary/aromatic N) is 4. The predicted molar refractivity (Wildman–Crippen MR) is 84.5 cm³/mol. The van der Waals surface area contributed by atoms with Gasteiger partial charge in [0, 0.05) is 19.3 Å². The smallest absolute Gasteiger partial charge is 0.244 e. The average Bonchev–Trinajstić information content (AvgIpc) is 2.88. The Morgan fingerprint density at radius 3 is 2.55 bits per heavy atom. The minimum absolute atomic E-state index is 0.0219. The van der Waals surface area contributed by atoms with Gasteiger partial charge in [0.15, 0.2) is 10.8 Å². The van der Waals surface area contributed by atoms with Gasteiger partial charge in [0.25, 0.3) is 0 Å². The molecule has 2 heterocycles.